The predicted molar refractivity (Wildman–Crippen MR) is 81.5 cm³/mol. The zero-order valence-corrected chi connectivity index (χ0v) is 12.5. The first-order chi connectivity index (χ1) is 9.74. The molecule has 0 bridgehead atoms. The van der Waals surface area contributed by atoms with Crippen molar-refractivity contribution in [3.63, 3.8) is 0 Å². The summed E-state index contributed by atoms with van der Waals surface area (Å²) >= 11 is 0. The Morgan fingerprint density at radius 2 is 1.90 bits per heavy atom. The van der Waals surface area contributed by atoms with E-state index in [-0.39, 0.29) is 6.09 Å². The van der Waals surface area contributed by atoms with Crippen molar-refractivity contribution < 1.29 is 9.53 Å². The van der Waals surface area contributed by atoms with Crippen molar-refractivity contribution >= 4 is 11.8 Å². The number of piperidine rings is 1. The number of anilines is 1. The highest BCUT2D eigenvalue weighted by atomic mass is 16.6. The fraction of sp³-hybridized carbons (Fsp3) is 0.562. The van der Waals surface area contributed by atoms with Crippen LogP contribution in [0.25, 0.3) is 0 Å². The lowest BCUT2D eigenvalue weighted by Gasteiger charge is -2.26. The minimum Gasteiger partial charge on any atom is -0.410 e. The molecule has 0 saturated carbocycles. The van der Waals surface area contributed by atoms with E-state index in [1.165, 1.54) is 6.42 Å². The number of carbonyl (C=O) groups excluding carboxylic acids is 1. The fourth-order valence-electron chi connectivity index (χ4n) is 2.57. The van der Waals surface area contributed by atoms with Crippen LogP contribution >= 0.6 is 0 Å². The number of benzene rings is 1. The van der Waals surface area contributed by atoms with Gasteiger partial charge < -0.3 is 14.5 Å². The van der Waals surface area contributed by atoms with Crippen LogP contribution in [0.15, 0.2) is 24.3 Å². The van der Waals surface area contributed by atoms with Crippen molar-refractivity contribution in [1.82, 2.24) is 4.90 Å². The second-order valence-electron chi connectivity index (χ2n) is 5.09. The van der Waals surface area contributed by atoms with E-state index in [2.05, 4.69) is 18.7 Å². The zero-order chi connectivity index (χ0) is 14.4. The Kier molecular flexibility index (Phi) is 5.27. The quantitative estimate of drug-likeness (QED) is 0.843. The molecule has 1 amide bonds. The van der Waals surface area contributed by atoms with Gasteiger partial charge in [0.25, 0.3) is 0 Å². The van der Waals surface area contributed by atoms with Gasteiger partial charge in [0.15, 0.2) is 0 Å². The van der Waals surface area contributed by atoms with Gasteiger partial charge in [0.05, 0.1) is 0 Å². The Bertz CT molecular complexity index is 438. The molecule has 4 heteroatoms. The maximum Gasteiger partial charge on any atom is 0.415 e. The molecule has 1 saturated heterocycles. The Morgan fingerprint density at radius 3 is 2.55 bits per heavy atom. The van der Waals surface area contributed by atoms with E-state index in [9.17, 15) is 4.79 Å². The summed E-state index contributed by atoms with van der Waals surface area (Å²) in [7, 11) is 0. The lowest BCUT2D eigenvalue weighted by molar-refractivity contribution is 0.142. The number of likely N-dealkylation sites (tertiary alicyclic amines) is 1. The van der Waals surface area contributed by atoms with Gasteiger partial charge in [-0.15, -0.1) is 0 Å². The van der Waals surface area contributed by atoms with Crippen molar-refractivity contribution in [3.8, 4) is 5.75 Å². The van der Waals surface area contributed by atoms with E-state index in [0.717, 1.165) is 44.7 Å². The van der Waals surface area contributed by atoms with Crippen LogP contribution in [0.2, 0.25) is 0 Å². The number of amides is 1. The molecular weight excluding hydrogens is 252 g/mol. The maximum absolute atomic E-state index is 12.1. The van der Waals surface area contributed by atoms with E-state index in [4.69, 9.17) is 4.74 Å². The van der Waals surface area contributed by atoms with Gasteiger partial charge in [-0.1, -0.05) is 6.07 Å². The number of hydrogen-bond donors (Lipinski definition) is 0. The van der Waals surface area contributed by atoms with Crippen molar-refractivity contribution in [2.45, 2.75) is 33.1 Å². The first-order valence-corrected chi connectivity index (χ1v) is 7.56. The van der Waals surface area contributed by atoms with Gasteiger partial charge in [-0.25, -0.2) is 4.79 Å². The monoisotopic (exact) mass is 276 g/mol. The summed E-state index contributed by atoms with van der Waals surface area (Å²) in [6.45, 7) is 7.76. The van der Waals surface area contributed by atoms with Crippen molar-refractivity contribution in [2.75, 3.05) is 31.1 Å². The van der Waals surface area contributed by atoms with E-state index >= 15 is 0 Å². The summed E-state index contributed by atoms with van der Waals surface area (Å²) in [6, 6.07) is 7.77. The molecule has 110 valence electrons. The fourth-order valence-corrected chi connectivity index (χ4v) is 2.57. The molecule has 0 aliphatic carbocycles. The third-order valence-electron chi connectivity index (χ3n) is 3.77. The predicted octanol–water partition coefficient (Wildman–Crippen LogP) is 3.52. The van der Waals surface area contributed by atoms with Crippen molar-refractivity contribution in [2.24, 2.45) is 0 Å². The average Bonchev–Trinajstić information content (AvgIpc) is 2.50. The smallest absolute Gasteiger partial charge is 0.410 e. The molecule has 1 aromatic rings. The molecule has 4 nitrogen and oxygen atoms in total. The van der Waals surface area contributed by atoms with Crippen LogP contribution in [0, 0.1) is 0 Å². The number of hydrogen-bond acceptors (Lipinski definition) is 3. The van der Waals surface area contributed by atoms with E-state index < -0.39 is 0 Å². The molecule has 20 heavy (non-hydrogen) atoms. The first-order valence-electron chi connectivity index (χ1n) is 7.56. The lowest BCUT2D eigenvalue weighted by Crippen LogP contribution is -2.37. The zero-order valence-electron chi connectivity index (χ0n) is 12.5. The summed E-state index contributed by atoms with van der Waals surface area (Å²) in [6.07, 6.45) is 3.14. The molecule has 1 fully saturated rings. The molecular formula is C16H24N2O2. The number of rotatable bonds is 4. The Balaban J connectivity index is 2.01. The summed E-state index contributed by atoms with van der Waals surface area (Å²) < 4.78 is 5.49. The second-order valence-corrected chi connectivity index (χ2v) is 5.09. The molecule has 1 aliphatic rings. The summed E-state index contributed by atoms with van der Waals surface area (Å²) in [5.41, 5.74) is 1.10. The van der Waals surface area contributed by atoms with Crippen LogP contribution < -0.4 is 9.64 Å². The minimum atomic E-state index is -0.221. The Morgan fingerprint density at radius 1 is 1.20 bits per heavy atom. The number of nitrogens with zero attached hydrogens (tertiary/aromatic N) is 2. The molecule has 0 N–H and O–H groups in total. The third kappa shape index (κ3) is 3.65. The van der Waals surface area contributed by atoms with Gasteiger partial charge in [0.2, 0.25) is 0 Å². The van der Waals surface area contributed by atoms with Gasteiger partial charge in [-0.3, -0.25) is 0 Å². The molecule has 1 aliphatic heterocycles. The van der Waals surface area contributed by atoms with Gasteiger partial charge in [-0.05, 0) is 45.2 Å². The van der Waals surface area contributed by atoms with Gasteiger partial charge in [0.1, 0.15) is 5.75 Å². The van der Waals surface area contributed by atoms with E-state index in [1.807, 2.05) is 24.3 Å². The van der Waals surface area contributed by atoms with Crippen LogP contribution in [0.3, 0.4) is 0 Å². The van der Waals surface area contributed by atoms with Crippen LogP contribution in [0.5, 0.6) is 5.75 Å². The minimum absolute atomic E-state index is 0.221. The number of ether oxygens (including phenoxy) is 1. The highest BCUT2D eigenvalue weighted by Gasteiger charge is 2.18. The second kappa shape index (κ2) is 7.17. The summed E-state index contributed by atoms with van der Waals surface area (Å²) in [5.74, 6) is 0.630. The lowest BCUT2D eigenvalue weighted by atomic mass is 10.1. The van der Waals surface area contributed by atoms with Crippen LogP contribution in [0.4, 0.5) is 10.5 Å². The first kappa shape index (κ1) is 14.7. The summed E-state index contributed by atoms with van der Waals surface area (Å²) in [4.78, 5) is 16.1. The SMILES string of the molecule is CCN(CC)c1cccc(OC(=O)N2CCCCC2)c1. The topological polar surface area (TPSA) is 32.8 Å². The van der Waals surface area contributed by atoms with Gasteiger partial charge in [-0.2, -0.15) is 0 Å². The van der Waals surface area contributed by atoms with Gasteiger partial charge >= 0.3 is 6.09 Å². The van der Waals surface area contributed by atoms with Crippen molar-refractivity contribution in [1.29, 1.82) is 0 Å². The summed E-state index contributed by atoms with van der Waals surface area (Å²) in [5, 5.41) is 0. The molecule has 0 radical (unpaired) electrons. The van der Waals surface area contributed by atoms with Crippen LogP contribution in [-0.4, -0.2) is 37.2 Å². The Hall–Kier alpha value is -1.71. The molecule has 2 rings (SSSR count). The maximum atomic E-state index is 12.1. The highest BCUT2D eigenvalue weighted by molar-refractivity contribution is 5.71. The van der Waals surface area contributed by atoms with E-state index in [1.54, 1.807) is 4.90 Å². The number of carbonyl (C=O) groups is 1. The third-order valence-corrected chi connectivity index (χ3v) is 3.77. The van der Waals surface area contributed by atoms with Gasteiger partial charge in [0, 0.05) is 37.9 Å². The molecule has 0 atom stereocenters. The van der Waals surface area contributed by atoms with Crippen LogP contribution in [0.1, 0.15) is 33.1 Å². The van der Waals surface area contributed by atoms with Crippen LogP contribution in [-0.2, 0) is 0 Å². The molecule has 1 heterocycles. The molecule has 1 aromatic carbocycles. The standard InChI is InChI=1S/C16H24N2O2/c1-3-17(4-2)14-9-8-10-15(13-14)20-16(19)18-11-6-5-7-12-18/h8-10,13H,3-7,11-12H2,1-2H3. The normalized spacial score (nSPS) is 15.0. The molecule has 0 aromatic heterocycles. The Labute approximate surface area is 121 Å². The average molecular weight is 276 g/mol. The largest absolute Gasteiger partial charge is 0.415 e. The van der Waals surface area contributed by atoms with Crippen molar-refractivity contribution in [3.05, 3.63) is 24.3 Å². The van der Waals surface area contributed by atoms with E-state index in [0.29, 0.717) is 5.75 Å². The molecule has 0 unspecified atom stereocenters. The molecule has 0 spiro atoms. The highest BCUT2D eigenvalue weighted by Crippen LogP contribution is 2.22.